The van der Waals surface area contributed by atoms with Crippen molar-refractivity contribution in [1.82, 2.24) is 9.80 Å². The largest absolute Gasteiger partial charge is 0.481 e. The SMILES string of the molecule is CC(C)CN1CCC(N2CCC(C)(C(=O)O)CC2)CC1. The molecule has 20 heavy (non-hydrogen) atoms. The Morgan fingerprint density at radius 1 is 1.20 bits per heavy atom. The van der Waals surface area contributed by atoms with Gasteiger partial charge in [0.25, 0.3) is 0 Å². The molecule has 4 nitrogen and oxygen atoms in total. The molecule has 1 N–H and O–H groups in total. The fraction of sp³-hybridized carbons (Fsp3) is 0.938. The van der Waals surface area contributed by atoms with Gasteiger partial charge in [-0.2, -0.15) is 0 Å². The highest BCUT2D eigenvalue weighted by Gasteiger charge is 2.38. The minimum absolute atomic E-state index is 0.491. The van der Waals surface area contributed by atoms with E-state index < -0.39 is 11.4 Å². The van der Waals surface area contributed by atoms with Crippen LogP contribution in [0.5, 0.6) is 0 Å². The summed E-state index contributed by atoms with van der Waals surface area (Å²) in [6, 6.07) is 0.678. The second kappa shape index (κ2) is 6.44. The molecule has 0 bridgehead atoms. The summed E-state index contributed by atoms with van der Waals surface area (Å²) in [5.41, 5.74) is -0.491. The maximum absolute atomic E-state index is 11.3. The topological polar surface area (TPSA) is 43.8 Å². The first kappa shape index (κ1) is 15.8. The van der Waals surface area contributed by atoms with Gasteiger partial charge < -0.3 is 14.9 Å². The monoisotopic (exact) mass is 282 g/mol. The normalized spacial score (nSPS) is 26.0. The lowest BCUT2D eigenvalue weighted by molar-refractivity contribution is -0.151. The van der Waals surface area contributed by atoms with Crippen molar-refractivity contribution in [2.24, 2.45) is 11.3 Å². The van der Waals surface area contributed by atoms with Crippen LogP contribution in [0.1, 0.15) is 46.5 Å². The van der Waals surface area contributed by atoms with Gasteiger partial charge in [0.05, 0.1) is 5.41 Å². The molecule has 2 rings (SSSR count). The summed E-state index contributed by atoms with van der Waals surface area (Å²) in [6.45, 7) is 12.0. The van der Waals surface area contributed by atoms with Gasteiger partial charge in [-0.25, -0.2) is 0 Å². The lowest BCUT2D eigenvalue weighted by Crippen LogP contribution is -2.50. The number of hydrogen-bond donors (Lipinski definition) is 1. The highest BCUT2D eigenvalue weighted by Crippen LogP contribution is 2.33. The Balaban J connectivity index is 1.77. The molecule has 0 radical (unpaired) electrons. The van der Waals surface area contributed by atoms with Crippen molar-refractivity contribution in [2.45, 2.75) is 52.5 Å². The molecule has 2 fully saturated rings. The molecule has 0 spiro atoms. The molecule has 2 aliphatic rings. The fourth-order valence-corrected chi connectivity index (χ4v) is 3.58. The second-order valence-corrected chi connectivity index (χ2v) is 7.33. The van der Waals surface area contributed by atoms with Crippen LogP contribution in [0.25, 0.3) is 0 Å². The van der Waals surface area contributed by atoms with E-state index >= 15 is 0 Å². The molecule has 0 aliphatic carbocycles. The minimum Gasteiger partial charge on any atom is -0.481 e. The molecule has 4 heteroatoms. The summed E-state index contributed by atoms with van der Waals surface area (Å²) in [5.74, 6) is 0.127. The van der Waals surface area contributed by atoms with Crippen LogP contribution in [0.3, 0.4) is 0 Å². The number of likely N-dealkylation sites (tertiary alicyclic amines) is 2. The molecule has 0 amide bonds. The quantitative estimate of drug-likeness (QED) is 0.859. The zero-order valence-electron chi connectivity index (χ0n) is 13.3. The Hall–Kier alpha value is -0.610. The van der Waals surface area contributed by atoms with Crippen LogP contribution >= 0.6 is 0 Å². The fourth-order valence-electron chi connectivity index (χ4n) is 3.58. The van der Waals surface area contributed by atoms with Gasteiger partial charge >= 0.3 is 5.97 Å². The molecular weight excluding hydrogens is 252 g/mol. The molecule has 2 aliphatic heterocycles. The number of nitrogens with zero attached hydrogens (tertiary/aromatic N) is 2. The van der Waals surface area contributed by atoms with Crippen molar-refractivity contribution in [1.29, 1.82) is 0 Å². The van der Waals surface area contributed by atoms with Crippen LogP contribution in [-0.2, 0) is 4.79 Å². The molecule has 116 valence electrons. The maximum Gasteiger partial charge on any atom is 0.309 e. The first-order valence-corrected chi connectivity index (χ1v) is 8.10. The molecule has 0 unspecified atom stereocenters. The van der Waals surface area contributed by atoms with Gasteiger partial charge in [-0.1, -0.05) is 13.8 Å². The highest BCUT2D eigenvalue weighted by molar-refractivity contribution is 5.74. The number of carboxylic acids is 1. The van der Waals surface area contributed by atoms with Crippen LogP contribution in [0.4, 0.5) is 0 Å². The summed E-state index contributed by atoms with van der Waals surface area (Å²) < 4.78 is 0. The zero-order chi connectivity index (χ0) is 14.8. The third kappa shape index (κ3) is 3.73. The van der Waals surface area contributed by atoms with E-state index in [1.807, 2.05) is 6.92 Å². The van der Waals surface area contributed by atoms with Crippen LogP contribution in [-0.4, -0.2) is 59.6 Å². The Kier molecular flexibility index (Phi) is 5.08. The molecular formula is C16H30N2O2. The third-order valence-electron chi connectivity index (χ3n) is 5.11. The van der Waals surface area contributed by atoms with Crippen molar-refractivity contribution in [3.05, 3.63) is 0 Å². The highest BCUT2D eigenvalue weighted by atomic mass is 16.4. The minimum atomic E-state index is -0.621. The predicted molar refractivity (Wildman–Crippen MR) is 80.8 cm³/mol. The van der Waals surface area contributed by atoms with E-state index in [1.54, 1.807) is 0 Å². The number of hydrogen-bond acceptors (Lipinski definition) is 3. The first-order valence-electron chi connectivity index (χ1n) is 8.10. The molecule has 0 aromatic rings. The summed E-state index contributed by atoms with van der Waals surface area (Å²) in [4.78, 5) is 16.4. The van der Waals surface area contributed by atoms with Gasteiger partial charge in [0.15, 0.2) is 0 Å². The van der Waals surface area contributed by atoms with Crippen LogP contribution in [0.15, 0.2) is 0 Å². The van der Waals surface area contributed by atoms with E-state index in [9.17, 15) is 9.90 Å². The zero-order valence-corrected chi connectivity index (χ0v) is 13.3. The van der Waals surface area contributed by atoms with E-state index in [-0.39, 0.29) is 0 Å². The Morgan fingerprint density at radius 3 is 2.20 bits per heavy atom. The molecule has 0 aromatic heterocycles. The Bertz CT molecular complexity index is 327. The number of rotatable bonds is 4. The number of aliphatic carboxylic acids is 1. The number of piperidine rings is 2. The van der Waals surface area contributed by atoms with Crippen molar-refractivity contribution < 1.29 is 9.90 Å². The summed E-state index contributed by atoms with van der Waals surface area (Å²) in [7, 11) is 0. The summed E-state index contributed by atoms with van der Waals surface area (Å²) in [5, 5.41) is 9.29. The standard InChI is InChI=1S/C16H30N2O2/c1-13(2)12-17-8-4-14(5-9-17)18-10-6-16(3,7-11-18)15(19)20/h13-14H,4-12H2,1-3H3,(H,19,20). The van der Waals surface area contributed by atoms with Crippen molar-refractivity contribution >= 4 is 5.97 Å². The van der Waals surface area contributed by atoms with Gasteiger partial charge in [-0.05, 0) is 64.7 Å². The van der Waals surface area contributed by atoms with Crippen LogP contribution in [0.2, 0.25) is 0 Å². The van der Waals surface area contributed by atoms with E-state index in [0.29, 0.717) is 6.04 Å². The predicted octanol–water partition coefficient (Wildman–Crippen LogP) is 2.29. The van der Waals surface area contributed by atoms with E-state index in [1.165, 1.54) is 32.5 Å². The molecule has 2 saturated heterocycles. The van der Waals surface area contributed by atoms with Crippen LogP contribution in [0, 0.1) is 11.3 Å². The number of carboxylic acid groups (broad SMARTS) is 1. The van der Waals surface area contributed by atoms with Crippen LogP contribution < -0.4 is 0 Å². The Labute approximate surface area is 123 Å². The van der Waals surface area contributed by atoms with E-state index in [2.05, 4.69) is 23.6 Å². The van der Waals surface area contributed by atoms with Gasteiger partial charge in [0, 0.05) is 12.6 Å². The molecule has 0 atom stereocenters. The second-order valence-electron chi connectivity index (χ2n) is 7.33. The van der Waals surface area contributed by atoms with Gasteiger partial charge in [0.1, 0.15) is 0 Å². The molecule has 0 saturated carbocycles. The maximum atomic E-state index is 11.3. The average Bonchev–Trinajstić information content (AvgIpc) is 2.40. The van der Waals surface area contributed by atoms with Crippen molar-refractivity contribution in [3.8, 4) is 0 Å². The van der Waals surface area contributed by atoms with Crippen molar-refractivity contribution in [2.75, 3.05) is 32.7 Å². The van der Waals surface area contributed by atoms with E-state index in [0.717, 1.165) is 31.8 Å². The summed E-state index contributed by atoms with van der Waals surface area (Å²) in [6.07, 6.45) is 4.09. The molecule has 0 aromatic carbocycles. The number of carbonyl (C=O) groups is 1. The third-order valence-corrected chi connectivity index (χ3v) is 5.11. The average molecular weight is 282 g/mol. The van der Waals surface area contributed by atoms with E-state index in [4.69, 9.17) is 0 Å². The summed E-state index contributed by atoms with van der Waals surface area (Å²) >= 11 is 0. The molecule has 2 heterocycles. The van der Waals surface area contributed by atoms with Crippen molar-refractivity contribution in [3.63, 3.8) is 0 Å². The van der Waals surface area contributed by atoms with Gasteiger partial charge in [0.2, 0.25) is 0 Å². The van der Waals surface area contributed by atoms with Gasteiger partial charge in [-0.15, -0.1) is 0 Å². The lowest BCUT2D eigenvalue weighted by Gasteiger charge is -2.44. The van der Waals surface area contributed by atoms with Gasteiger partial charge in [-0.3, -0.25) is 4.79 Å². The smallest absolute Gasteiger partial charge is 0.309 e. The lowest BCUT2D eigenvalue weighted by atomic mass is 9.80. The Morgan fingerprint density at radius 2 is 1.75 bits per heavy atom. The first-order chi connectivity index (χ1) is 9.40.